The van der Waals surface area contributed by atoms with Crippen LogP contribution in [0.4, 0.5) is 4.79 Å². The lowest BCUT2D eigenvalue weighted by atomic mass is 9.98. The predicted octanol–water partition coefficient (Wildman–Crippen LogP) is 3.95. The molecule has 24 heavy (non-hydrogen) atoms. The summed E-state index contributed by atoms with van der Waals surface area (Å²) in [5.41, 5.74) is 4.89. The summed E-state index contributed by atoms with van der Waals surface area (Å²) in [6.45, 7) is 2.82. The van der Waals surface area contributed by atoms with Gasteiger partial charge in [0, 0.05) is 19.6 Å². The molecule has 0 aliphatic heterocycles. The van der Waals surface area contributed by atoms with E-state index in [1.807, 2.05) is 31.2 Å². The lowest BCUT2D eigenvalue weighted by molar-refractivity contribution is 0.0913. The van der Waals surface area contributed by atoms with Gasteiger partial charge in [-0.15, -0.1) is 0 Å². The van der Waals surface area contributed by atoms with Gasteiger partial charge in [0.25, 0.3) is 0 Å². The van der Waals surface area contributed by atoms with Gasteiger partial charge in [0.15, 0.2) is 0 Å². The molecule has 2 aromatic carbocycles. The number of hydrogen-bond acceptors (Lipinski definition) is 3. The first-order chi connectivity index (χ1) is 11.7. The Morgan fingerprint density at radius 3 is 2.21 bits per heavy atom. The maximum Gasteiger partial charge on any atom is 0.407 e. The van der Waals surface area contributed by atoms with Gasteiger partial charge >= 0.3 is 6.09 Å². The molecule has 1 aliphatic rings. The number of amides is 1. The fourth-order valence-corrected chi connectivity index (χ4v) is 3.24. The molecule has 126 valence electrons. The molecule has 1 amide bonds. The molecular weight excluding hydrogens is 302 g/mol. The van der Waals surface area contributed by atoms with E-state index in [1.54, 1.807) is 7.11 Å². The Kier molecular flexibility index (Phi) is 5.16. The third-order valence-corrected chi connectivity index (χ3v) is 4.61. The Balaban J connectivity index is 1.66. The molecule has 0 heterocycles. The molecule has 3 rings (SSSR count). The molecule has 4 heteroatoms. The van der Waals surface area contributed by atoms with Crippen molar-refractivity contribution in [1.82, 2.24) is 5.32 Å². The zero-order valence-electron chi connectivity index (χ0n) is 14.1. The molecule has 0 saturated heterocycles. The minimum absolute atomic E-state index is 0.0190. The van der Waals surface area contributed by atoms with Crippen LogP contribution in [0.3, 0.4) is 0 Å². The van der Waals surface area contributed by atoms with Crippen molar-refractivity contribution in [2.24, 2.45) is 0 Å². The van der Waals surface area contributed by atoms with E-state index < -0.39 is 6.09 Å². The third-order valence-electron chi connectivity index (χ3n) is 4.61. The van der Waals surface area contributed by atoms with E-state index in [0.717, 1.165) is 6.42 Å². The quantitative estimate of drug-likeness (QED) is 0.875. The van der Waals surface area contributed by atoms with E-state index in [-0.39, 0.29) is 12.0 Å². The smallest absolute Gasteiger partial charge is 0.407 e. The summed E-state index contributed by atoms with van der Waals surface area (Å²) < 4.78 is 10.7. The molecule has 1 atom stereocenters. The van der Waals surface area contributed by atoms with Crippen LogP contribution in [0.25, 0.3) is 11.1 Å². The molecular formula is C20H23NO3. The predicted molar refractivity (Wildman–Crippen MR) is 94.2 cm³/mol. The summed E-state index contributed by atoms with van der Waals surface area (Å²) in [6.07, 6.45) is 0.470. The highest BCUT2D eigenvalue weighted by atomic mass is 16.5. The number of carbonyl (C=O) groups is 1. The highest BCUT2D eigenvalue weighted by molar-refractivity contribution is 5.79. The molecule has 0 spiro atoms. The third kappa shape index (κ3) is 3.29. The van der Waals surface area contributed by atoms with Gasteiger partial charge in [0.1, 0.15) is 6.61 Å². The fraction of sp³-hybridized carbons (Fsp3) is 0.350. The Hall–Kier alpha value is -2.33. The van der Waals surface area contributed by atoms with E-state index >= 15 is 0 Å². The van der Waals surface area contributed by atoms with Crippen molar-refractivity contribution < 1.29 is 14.3 Å². The van der Waals surface area contributed by atoms with Gasteiger partial charge in [0.05, 0.1) is 6.10 Å². The van der Waals surface area contributed by atoms with Crippen molar-refractivity contribution in [2.75, 3.05) is 20.3 Å². The van der Waals surface area contributed by atoms with Crippen molar-refractivity contribution in [1.29, 1.82) is 0 Å². The van der Waals surface area contributed by atoms with E-state index in [0.29, 0.717) is 13.2 Å². The molecule has 0 aromatic heterocycles. The first-order valence-electron chi connectivity index (χ1n) is 8.36. The number of rotatable bonds is 6. The van der Waals surface area contributed by atoms with Crippen LogP contribution in [0.15, 0.2) is 48.5 Å². The van der Waals surface area contributed by atoms with Crippen molar-refractivity contribution in [2.45, 2.75) is 25.4 Å². The Bertz CT molecular complexity index is 664. The first kappa shape index (κ1) is 16.5. The van der Waals surface area contributed by atoms with Crippen molar-refractivity contribution >= 4 is 6.09 Å². The molecule has 1 unspecified atom stereocenters. The van der Waals surface area contributed by atoms with Crippen molar-refractivity contribution in [3.8, 4) is 11.1 Å². The van der Waals surface area contributed by atoms with Gasteiger partial charge in [-0.05, 0) is 28.7 Å². The van der Waals surface area contributed by atoms with Gasteiger partial charge < -0.3 is 14.8 Å². The maximum atomic E-state index is 12.0. The molecule has 4 nitrogen and oxygen atoms in total. The average Bonchev–Trinajstić information content (AvgIpc) is 2.95. The topological polar surface area (TPSA) is 47.6 Å². The fourth-order valence-electron chi connectivity index (χ4n) is 3.24. The molecule has 0 fully saturated rings. The minimum atomic E-state index is -0.396. The normalized spacial score (nSPS) is 13.9. The zero-order valence-corrected chi connectivity index (χ0v) is 14.1. The molecule has 2 aromatic rings. The summed E-state index contributed by atoms with van der Waals surface area (Å²) in [5.74, 6) is 0.0903. The minimum Gasteiger partial charge on any atom is -0.449 e. The molecule has 0 radical (unpaired) electrons. The van der Waals surface area contributed by atoms with E-state index in [4.69, 9.17) is 9.47 Å². The monoisotopic (exact) mass is 325 g/mol. The number of alkyl carbamates (subject to hydrolysis) is 1. The number of ether oxygens (including phenoxy) is 2. The van der Waals surface area contributed by atoms with Gasteiger partial charge in [-0.25, -0.2) is 4.79 Å². The van der Waals surface area contributed by atoms with Crippen LogP contribution in [-0.2, 0) is 9.47 Å². The first-order valence-corrected chi connectivity index (χ1v) is 8.36. The van der Waals surface area contributed by atoms with Crippen LogP contribution in [0.1, 0.15) is 30.4 Å². The molecule has 1 N–H and O–H groups in total. The van der Waals surface area contributed by atoms with Crippen LogP contribution in [0.2, 0.25) is 0 Å². The standard InChI is InChI=1S/C20H23NO3/c1-3-14(23-2)12-21-20(22)24-13-19-17-10-6-4-8-15(17)16-9-5-7-11-18(16)19/h4-11,14,19H,3,12-13H2,1-2H3,(H,21,22). The summed E-state index contributed by atoms with van der Waals surface area (Å²) in [6, 6.07) is 16.6. The van der Waals surface area contributed by atoms with Crippen LogP contribution < -0.4 is 5.32 Å². The maximum absolute atomic E-state index is 12.0. The van der Waals surface area contributed by atoms with Crippen molar-refractivity contribution in [3.05, 3.63) is 59.7 Å². The van der Waals surface area contributed by atoms with Gasteiger partial charge in [-0.2, -0.15) is 0 Å². The molecule has 0 saturated carbocycles. The largest absolute Gasteiger partial charge is 0.449 e. The van der Waals surface area contributed by atoms with E-state index in [1.165, 1.54) is 22.3 Å². The Morgan fingerprint density at radius 1 is 1.08 bits per heavy atom. The lowest BCUT2D eigenvalue weighted by Crippen LogP contribution is -2.33. The van der Waals surface area contributed by atoms with Crippen LogP contribution >= 0.6 is 0 Å². The summed E-state index contributed by atoms with van der Waals surface area (Å²) in [7, 11) is 1.65. The van der Waals surface area contributed by atoms with Gasteiger partial charge in [-0.1, -0.05) is 55.5 Å². The summed E-state index contributed by atoms with van der Waals surface area (Å²) in [5, 5.41) is 2.77. The second kappa shape index (κ2) is 7.49. The highest BCUT2D eigenvalue weighted by Crippen LogP contribution is 2.44. The van der Waals surface area contributed by atoms with Crippen LogP contribution in [-0.4, -0.2) is 32.5 Å². The van der Waals surface area contributed by atoms with Gasteiger partial charge in [0.2, 0.25) is 0 Å². The summed E-state index contributed by atoms with van der Waals surface area (Å²) in [4.78, 5) is 12.0. The van der Waals surface area contributed by atoms with Crippen LogP contribution in [0.5, 0.6) is 0 Å². The number of fused-ring (bicyclic) bond motifs is 3. The molecule has 0 bridgehead atoms. The number of benzene rings is 2. The summed E-state index contributed by atoms with van der Waals surface area (Å²) >= 11 is 0. The van der Waals surface area contributed by atoms with E-state index in [9.17, 15) is 4.79 Å². The zero-order chi connectivity index (χ0) is 16.9. The second-order valence-corrected chi connectivity index (χ2v) is 5.97. The Labute approximate surface area is 142 Å². The van der Waals surface area contributed by atoms with E-state index in [2.05, 4.69) is 29.6 Å². The number of nitrogens with one attached hydrogen (secondary N) is 1. The number of hydrogen-bond donors (Lipinski definition) is 1. The van der Waals surface area contributed by atoms with Crippen molar-refractivity contribution in [3.63, 3.8) is 0 Å². The molecule has 1 aliphatic carbocycles. The average molecular weight is 325 g/mol. The highest BCUT2D eigenvalue weighted by Gasteiger charge is 2.28. The van der Waals surface area contributed by atoms with Crippen LogP contribution in [0, 0.1) is 0 Å². The Morgan fingerprint density at radius 2 is 1.67 bits per heavy atom. The van der Waals surface area contributed by atoms with Gasteiger partial charge in [-0.3, -0.25) is 0 Å². The lowest BCUT2D eigenvalue weighted by Gasteiger charge is -2.16. The number of methoxy groups -OCH3 is 1. The SMILES string of the molecule is CCC(CNC(=O)OCC1c2ccccc2-c2ccccc21)OC. The number of carbonyl (C=O) groups excluding carboxylic acids is 1. The second-order valence-electron chi connectivity index (χ2n) is 5.97.